The Morgan fingerprint density at radius 3 is 2.96 bits per heavy atom. The van der Waals surface area contributed by atoms with E-state index < -0.39 is 0 Å². The van der Waals surface area contributed by atoms with E-state index in [0.717, 1.165) is 32.5 Å². The van der Waals surface area contributed by atoms with Crippen molar-refractivity contribution < 1.29 is 14.0 Å². The lowest BCUT2D eigenvalue weighted by Gasteiger charge is -2.32. The summed E-state index contributed by atoms with van der Waals surface area (Å²) < 4.78 is 7.55. The Bertz CT molecular complexity index is 738. The summed E-state index contributed by atoms with van der Waals surface area (Å²) in [5.74, 6) is 1.07. The van der Waals surface area contributed by atoms with Crippen LogP contribution in [0.3, 0.4) is 0 Å². The molecule has 0 radical (unpaired) electrons. The van der Waals surface area contributed by atoms with Gasteiger partial charge in [0.15, 0.2) is 5.76 Å². The van der Waals surface area contributed by atoms with E-state index in [9.17, 15) is 9.59 Å². The number of hydrogen-bond acceptors (Lipinski definition) is 4. The minimum atomic E-state index is -0.194. The summed E-state index contributed by atoms with van der Waals surface area (Å²) in [5.41, 5.74) is 0. The molecule has 1 saturated heterocycles. The molecule has 0 bridgehead atoms. The van der Waals surface area contributed by atoms with E-state index in [1.807, 2.05) is 17.4 Å². The maximum Gasteiger partial charge on any atom is 0.317 e. The predicted octanol–water partition coefficient (Wildman–Crippen LogP) is 1.80. The fourth-order valence-electron chi connectivity index (χ4n) is 3.17. The molecular formula is C18H25N5O3. The van der Waals surface area contributed by atoms with E-state index in [2.05, 4.69) is 14.9 Å². The highest BCUT2D eigenvalue weighted by atomic mass is 16.4. The minimum Gasteiger partial charge on any atom is -0.454 e. The number of furan rings is 1. The van der Waals surface area contributed by atoms with E-state index in [1.165, 1.54) is 4.90 Å². The Morgan fingerprint density at radius 1 is 1.38 bits per heavy atom. The lowest BCUT2D eigenvalue weighted by molar-refractivity contribution is 0.0794. The molecule has 8 heteroatoms. The van der Waals surface area contributed by atoms with Gasteiger partial charge in [-0.05, 0) is 30.9 Å². The van der Waals surface area contributed by atoms with E-state index in [1.54, 1.807) is 32.4 Å². The third-order valence-corrected chi connectivity index (χ3v) is 4.53. The summed E-state index contributed by atoms with van der Waals surface area (Å²) in [7, 11) is 3.34. The van der Waals surface area contributed by atoms with Gasteiger partial charge in [-0.3, -0.25) is 4.79 Å². The average molecular weight is 359 g/mol. The second kappa shape index (κ2) is 8.07. The number of imidazole rings is 1. The van der Waals surface area contributed by atoms with Gasteiger partial charge in [-0.25, -0.2) is 9.78 Å². The van der Waals surface area contributed by atoms with Crippen LogP contribution in [-0.4, -0.2) is 58.5 Å². The summed E-state index contributed by atoms with van der Waals surface area (Å²) in [6, 6.07) is 3.25. The number of carbonyl (C=O) groups excluding carboxylic acids is 2. The number of aromatic nitrogens is 2. The maximum atomic E-state index is 12.4. The molecular weight excluding hydrogens is 334 g/mol. The van der Waals surface area contributed by atoms with E-state index in [-0.39, 0.29) is 24.2 Å². The van der Waals surface area contributed by atoms with Gasteiger partial charge in [0.05, 0.1) is 12.9 Å². The molecule has 2 aromatic rings. The number of likely N-dealkylation sites (tertiary alicyclic amines) is 1. The molecule has 1 fully saturated rings. The second-order valence-corrected chi connectivity index (χ2v) is 6.84. The molecule has 0 aromatic carbocycles. The van der Waals surface area contributed by atoms with Crippen LogP contribution in [0.25, 0.3) is 0 Å². The molecule has 0 spiro atoms. The number of hydrogen-bond donors (Lipinski definition) is 1. The highest BCUT2D eigenvalue weighted by molar-refractivity contribution is 5.91. The van der Waals surface area contributed by atoms with Crippen molar-refractivity contribution in [2.45, 2.75) is 25.9 Å². The van der Waals surface area contributed by atoms with Crippen LogP contribution in [-0.2, 0) is 13.1 Å². The summed E-state index contributed by atoms with van der Waals surface area (Å²) in [5, 5.41) is 2.88. The lowest BCUT2D eigenvalue weighted by Crippen LogP contribution is -2.45. The van der Waals surface area contributed by atoms with Crippen molar-refractivity contribution in [2.75, 3.05) is 27.2 Å². The van der Waals surface area contributed by atoms with Crippen molar-refractivity contribution in [1.82, 2.24) is 24.7 Å². The van der Waals surface area contributed by atoms with Crippen molar-refractivity contribution in [3.8, 4) is 0 Å². The monoisotopic (exact) mass is 359 g/mol. The van der Waals surface area contributed by atoms with Gasteiger partial charge < -0.3 is 24.1 Å². The highest BCUT2D eigenvalue weighted by Crippen LogP contribution is 2.18. The zero-order valence-electron chi connectivity index (χ0n) is 15.2. The first-order valence-electron chi connectivity index (χ1n) is 8.82. The molecule has 1 N–H and O–H groups in total. The standard InChI is InChI=1S/C18H25N5O3/c1-21(2)17(24)16-6-5-15(26-16)10-20-18(25)23-8-3-4-14(12-23)11-22-9-7-19-13-22/h5-7,9,13-14H,3-4,8,10-12H2,1-2H3,(H,20,25)/t14-/m0/s1. The van der Waals surface area contributed by atoms with E-state index >= 15 is 0 Å². The van der Waals surface area contributed by atoms with Crippen LogP contribution in [0.4, 0.5) is 4.79 Å². The number of nitrogens with zero attached hydrogens (tertiary/aromatic N) is 4. The van der Waals surface area contributed by atoms with Crippen LogP contribution in [0.15, 0.2) is 35.3 Å². The van der Waals surface area contributed by atoms with Gasteiger partial charge in [0.1, 0.15) is 5.76 Å². The van der Waals surface area contributed by atoms with Crippen LogP contribution in [0, 0.1) is 5.92 Å². The smallest absolute Gasteiger partial charge is 0.317 e. The Morgan fingerprint density at radius 2 is 2.23 bits per heavy atom. The molecule has 0 saturated carbocycles. The molecule has 1 aliphatic heterocycles. The van der Waals surface area contributed by atoms with Crippen molar-refractivity contribution in [3.63, 3.8) is 0 Å². The quantitative estimate of drug-likeness (QED) is 0.882. The maximum absolute atomic E-state index is 12.4. The lowest BCUT2D eigenvalue weighted by atomic mass is 9.98. The Balaban J connectivity index is 1.49. The first-order valence-corrected chi connectivity index (χ1v) is 8.82. The average Bonchev–Trinajstić information content (AvgIpc) is 3.31. The third-order valence-electron chi connectivity index (χ3n) is 4.53. The molecule has 0 unspecified atom stereocenters. The number of carbonyl (C=O) groups is 2. The van der Waals surface area contributed by atoms with Crippen molar-refractivity contribution in [1.29, 1.82) is 0 Å². The van der Waals surface area contributed by atoms with Crippen LogP contribution < -0.4 is 5.32 Å². The highest BCUT2D eigenvalue weighted by Gasteiger charge is 2.24. The summed E-state index contributed by atoms with van der Waals surface area (Å²) in [6.45, 7) is 2.63. The van der Waals surface area contributed by atoms with Crippen molar-refractivity contribution >= 4 is 11.9 Å². The van der Waals surface area contributed by atoms with Crippen molar-refractivity contribution in [3.05, 3.63) is 42.4 Å². The first-order chi connectivity index (χ1) is 12.5. The van der Waals surface area contributed by atoms with Crippen LogP contribution in [0.1, 0.15) is 29.2 Å². The fourth-order valence-corrected chi connectivity index (χ4v) is 3.17. The SMILES string of the molecule is CN(C)C(=O)c1ccc(CNC(=O)N2CCC[C@@H](Cn3ccnc3)C2)o1. The first kappa shape index (κ1) is 18.0. The van der Waals surface area contributed by atoms with Crippen LogP contribution in [0.2, 0.25) is 0 Å². The van der Waals surface area contributed by atoms with Crippen LogP contribution >= 0.6 is 0 Å². The van der Waals surface area contributed by atoms with Gasteiger partial charge >= 0.3 is 6.03 Å². The molecule has 3 rings (SSSR count). The molecule has 3 amide bonds. The molecule has 3 heterocycles. The topological polar surface area (TPSA) is 83.6 Å². The van der Waals surface area contributed by atoms with Gasteiger partial charge in [-0.1, -0.05) is 0 Å². The molecule has 140 valence electrons. The summed E-state index contributed by atoms with van der Waals surface area (Å²) in [6.07, 6.45) is 7.63. The van der Waals surface area contributed by atoms with Gasteiger partial charge in [0.2, 0.25) is 0 Å². The number of piperidine rings is 1. The van der Waals surface area contributed by atoms with Gasteiger partial charge in [0, 0.05) is 46.1 Å². The molecule has 8 nitrogen and oxygen atoms in total. The molecule has 1 aliphatic rings. The summed E-state index contributed by atoms with van der Waals surface area (Å²) in [4.78, 5) is 31.7. The van der Waals surface area contributed by atoms with Gasteiger partial charge in [-0.15, -0.1) is 0 Å². The minimum absolute atomic E-state index is 0.0998. The largest absolute Gasteiger partial charge is 0.454 e. The Hall–Kier alpha value is -2.77. The molecule has 1 atom stereocenters. The number of amides is 3. The molecule has 26 heavy (non-hydrogen) atoms. The Kier molecular flexibility index (Phi) is 5.60. The third kappa shape index (κ3) is 4.44. The molecule has 0 aliphatic carbocycles. The fraction of sp³-hybridized carbons (Fsp3) is 0.500. The van der Waals surface area contributed by atoms with Gasteiger partial charge in [-0.2, -0.15) is 0 Å². The summed E-state index contributed by atoms with van der Waals surface area (Å²) >= 11 is 0. The number of urea groups is 1. The van der Waals surface area contributed by atoms with Gasteiger partial charge in [0.25, 0.3) is 5.91 Å². The molecule has 2 aromatic heterocycles. The second-order valence-electron chi connectivity index (χ2n) is 6.84. The normalized spacial score (nSPS) is 17.2. The van der Waals surface area contributed by atoms with Crippen molar-refractivity contribution in [2.24, 2.45) is 5.92 Å². The van der Waals surface area contributed by atoms with E-state index in [4.69, 9.17) is 4.42 Å². The van der Waals surface area contributed by atoms with E-state index in [0.29, 0.717) is 11.7 Å². The number of rotatable bonds is 5. The number of nitrogens with one attached hydrogen (secondary N) is 1. The Labute approximate surface area is 152 Å². The predicted molar refractivity (Wildman–Crippen MR) is 95.5 cm³/mol. The zero-order chi connectivity index (χ0) is 18.5. The van der Waals surface area contributed by atoms with Crippen LogP contribution in [0.5, 0.6) is 0 Å². The zero-order valence-corrected chi connectivity index (χ0v) is 15.2.